The number of nitrogens with one attached hydrogen (secondary N) is 1. The molecule has 0 unspecified atom stereocenters. The first kappa shape index (κ1) is 13.6. The van der Waals surface area contributed by atoms with Crippen LogP contribution in [0.25, 0.3) is 0 Å². The minimum absolute atomic E-state index is 0.307. The van der Waals surface area contributed by atoms with E-state index in [0.29, 0.717) is 23.4 Å². The largest absolute Gasteiger partial charge is 0.491 e. The van der Waals surface area contributed by atoms with E-state index in [0.717, 1.165) is 32.6 Å². The van der Waals surface area contributed by atoms with Gasteiger partial charge in [0.05, 0.1) is 5.02 Å². The number of hydrogen-bond acceptors (Lipinski definition) is 3. The van der Waals surface area contributed by atoms with Crippen LogP contribution in [0.4, 0.5) is 4.39 Å². The minimum atomic E-state index is -0.354. The second-order valence-electron chi connectivity index (χ2n) is 4.26. The van der Waals surface area contributed by atoms with Crippen LogP contribution >= 0.6 is 11.6 Å². The molecule has 0 bridgehead atoms. The van der Waals surface area contributed by atoms with Gasteiger partial charge in [0.2, 0.25) is 0 Å². The van der Waals surface area contributed by atoms with Crippen molar-refractivity contribution in [3.05, 3.63) is 29.0 Å². The van der Waals surface area contributed by atoms with E-state index < -0.39 is 0 Å². The molecular formula is C13H17ClFNO2. The van der Waals surface area contributed by atoms with Gasteiger partial charge in [0.25, 0.3) is 0 Å². The summed E-state index contributed by atoms with van der Waals surface area (Å²) in [5.41, 5.74) is 0. The van der Waals surface area contributed by atoms with Gasteiger partial charge < -0.3 is 14.8 Å². The molecule has 1 saturated heterocycles. The maximum Gasteiger partial charge on any atom is 0.138 e. The first-order chi connectivity index (χ1) is 8.75. The van der Waals surface area contributed by atoms with E-state index in [1.165, 1.54) is 12.1 Å². The number of ether oxygens (including phenoxy) is 2. The lowest BCUT2D eigenvalue weighted by Gasteiger charge is -2.23. The topological polar surface area (TPSA) is 30.5 Å². The van der Waals surface area contributed by atoms with Gasteiger partial charge in [-0.3, -0.25) is 0 Å². The maximum absolute atomic E-state index is 12.8. The Kier molecular flexibility index (Phi) is 5.23. The van der Waals surface area contributed by atoms with Gasteiger partial charge in [0.15, 0.2) is 0 Å². The molecule has 1 heterocycles. The predicted octanol–water partition coefficient (Wildman–Crippen LogP) is 2.63. The van der Waals surface area contributed by atoms with Crippen LogP contribution in [0.2, 0.25) is 5.02 Å². The van der Waals surface area contributed by atoms with Crippen molar-refractivity contribution in [1.82, 2.24) is 5.32 Å². The van der Waals surface area contributed by atoms with Crippen molar-refractivity contribution < 1.29 is 13.9 Å². The summed E-state index contributed by atoms with van der Waals surface area (Å²) in [5, 5.41) is 3.71. The molecule has 0 aliphatic carbocycles. The van der Waals surface area contributed by atoms with Crippen molar-refractivity contribution in [3.8, 4) is 5.75 Å². The molecule has 0 spiro atoms. The van der Waals surface area contributed by atoms with Crippen LogP contribution in [-0.2, 0) is 4.74 Å². The summed E-state index contributed by atoms with van der Waals surface area (Å²) in [4.78, 5) is 0. The molecule has 0 saturated carbocycles. The van der Waals surface area contributed by atoms with E-state index in [1.807, 2.05) is 0 Å². The average molecular weight is 274 g/mol. The molecule has 100 valence electrons. The zero-order chi connectivity index (χ0) is 12.8. The van der Waals surface area contributed by atoms with Gasteiger partial charge in [-0.2, -0.15) is 0 Å². The Hall–Kier alpha value is -0.840. The highest BCUT2D eigenvalue weighted by molar-refractivity contribution is 6.32. The average Bonchev–Trinajstić information content (AvgIpc) is 2.38. The third-order valence-corrected chi connectivity index (χ3v) is 3.20. The first-order valence-corrected chi connectivity index (χ1v) is 6.52. The number of hydrogen-bond donors (Lipinski definition) is 1. The molecule has 1 aromatic carbocycles. The van der Waals surface area contributed by atoms with E-state index in [2.05, 4.69) is 5.32 Å². The maximum atomic E-state index is 12.8. The predicted molar refractivity (Wildman–Crippen MR) is 68.7 cm³/mol. The van der Waals surface area contributed by atoms with Crippen LogP contribution in [0.3, 0.4) is 0 Å². The smallest absolute Gasteiger partial charge is 0.138 e. The standard InChI is InChI=1S/C13H17ClFNO2/c14-12-9-10(15)1-2-13(12)18-8-5-16-11-3-6-17-7-4-11/h1-2,9,11,16H,3-8H2. The van der Waals surface area contributed by atoms with Gasteiger partial charge in [-0.1, -0.05) is 11.6 Å². The zero-order valence-corrected chi connectivity index (χ0v) is 10.9. The van der Waals surface area contributed by atoms with Gasteiger partial charge >= 0.3 is 0 Å². The quantitative estimate of drug-likeness (QED) is 0.837. The van der Waals surface area contributed by atoms with Crippen molar-refractivity contribution in [3.63, 3.8) is 0 Å². The summed E-state index contributed by atoms with van der Waals surface area (Å²) in [6.45, 7) is 2.91. The normalized spacial score (nSPS) is 16.8. The van der Waals surface area contributed by atoms with Gasteiger partial charge in [0.1, 0.15) is 18.2 Å². The van der Waals surface area contributed by atoms with Crippen molar-refractivity contribution in [1.29, 1.82) is 0 Å². The van der Waals surface area contributed by atoms with E-state index in [1.54, 1.807) is 6.07 Å². The molecule has 5 heteroatoms. The fourth-order valence-electron chi connectivity index (χ4n) is 1.92. The number of halogens is 2. The second kappa shape index (κ2) is 6.92. The van der Waals surface area contributed by atoms with Crippen LogP contribution in [0, 0.1) is 5.82 Å². The third kappa shape index (κ3) is 4.12. The molecule has 3 nitrogen and oxygen atoms in total. The van der Waals surface area contributed by atoms with Crippen molar-refractivity contribution in [2.24, 2.45) is 0 Å². The van der Waals surface area contributed by atoms with Gasteiger partial charge in [-0.25, -0.2) is 4.39 Å². The van der Waals surface area contributed by atoms with Crippen LogP contribution in [0.5, 0.6) is 5.75 Å². The summed E-state index contributed by atoms with van der Waals surface area (Å²) in [6.07, 6.45) is 2.08. The van der Waals surface area contributed by atoms with Crippen molar-refractivity contribution in [2.45, 2.75) is 18.9 Å². The van der Waals surface area contributed by atoms with Gasteiger partial charge in [0, 0.05) is 25.8 Å². The van der Waals surface area contributed by atoms with Gasteiger partial charge in [-0.05, 0) is 31.0 Å². The Labute approximate surface area is 111 Å². The summed E-state index contributed by atoms with van der Waals surface area (Å²) < 4.78 is 23.6. The molecule has 1 N–H and O–H groups in total. The molecule has 0 amide bonds. The van der Waals surface area contributed by atoms with E-state index in [9.17, 15) is 4.39 Å². The monoisotopic (exact) mass is 273 g/mol. The van der Waals surface area contributed by atoms with E-state index in [-0.39, 0.29) is 5.82 Å². The van der Waals surface area contributed by atoms with Crippen LogP contribution in [0.15, 0.2) is 18.2 Å². The molecule has 2 rings (SSSR count). The van der Waals surface area contributed by atoms with E-state index >= 15 is 0 Å². The Bertz CT molecular complexity index is 383. The van der Waals surface area contributed by atoms with Crippen molar-refractivity contribution >= 4 is 11.6 Å². The number of benzene rings is 1. The second-order valence-corrected chi connectivity index (χ2v) is 4.67. The molecule has 0 atom stereocenters. The lowest BCUT2D eigenvalue weighted by Crippen LogP contribution is -2.37. The zero-order valence-electron chi connectivity index (χ0n) is 10.1. The van der Waals surface area contributed by atoms with Crippen LogP contribution in [0.1, 0.15) is 12.8 Å². The molecule has 0 aromatic heterocycles. The highest BCUT2D eigenvalue weighted by atomic mass is 35.5. The highest BCUT2D eigenvalue weighted by Crippen LogP contribution is 2.24. The number of rotatable bonds is 5. The summed E-state index contributed by atoms with van der Waals surface area (Å²) in [5.74, 6) is 0.166. The summed E-state index contributed by atoms with van der Waals surface area (Å²) in [6, 6.07) is 4.65. The first-order valence-electron chi connectivity index (χ1n) is 6.14. The van der Waals surface area contributed by atoms with E-state index in [4.69, 9.17) is 21.1 Å². The minimum Gasteiger partial charge on any atom is -0.491 e. The lowest BCUT2D eigenvalue weighted by atomic mass is 10.1. The molecule has 18 heavy (non-hydrogen) atoms. The molecule has 1 aliphatic rings. The molecule has 1 aromatic rings. The Morgan fingerprint density at radius 2 is 2.17 bits per heavy atom. The van der Waals surface area contributed by atoms with Crippen molar-refractivity contribution in [2.75, 3.05) is 26.4 Å². The highest BCUT2D eigenvalue weighted by Gasteiger charge is 2.12. The SMILES string of the molecule is Fc1ccc(OCCNC2CCOCC2)c(Cl)c1. The third-order valence-electron chi connectivity index (χ3n) is 2.91. The fourth-order valence-corrected chi connectivity index (χ4v) is 2.14. The summed E-state index contributed by atoms with van der Waals surface area (Å²) in [7, 11) is 0. The molecule has 0 radical (unpaired) electrons. The lowest BCUT2D eigenvalue weighted by molar-refractivity contribution is 0.0770. The summed E-state index contributed by atoms with van der Waals surface area (Å²) >= 11 is 5.86. The Balaban J connectivity index is 1.68. The van der Waals surface area contributed by atoms with Crippen LogP contribution < -0.4 is 10.1 Å². The molecule has 1 fully saturated rings. The molecular weight excluding hydrogens is 257 g/mol. The fraction of sp³-hybridized carbons (Fsp3) is 0.538. The van der Waals surface area contributed by atoms with Crippen LogP contribution in [-0.4, -0.2) is 32.4 Å². The Morgan fingerprint density at radius 3 is 2.89 bits per heavy atom. The molecule has 1 aliphatic heterocycles. The Morgan fingerprint density at radius 1 is 1.39 bits per heavy atom. The van der Waals surface area contributed by atoms with Gasteiger partial charge in [-0.15, -0.1) is 0 Å².